The van der Waals surface area contributed by atoms with E-state index in [0.29, 0.717) is 27.5 Å². The number of hydrogen-bond acceptors (Lipinski definition) is 5. The highest BCUT2D eigenvalue weighted by Gasteiger charge is 2.35. The molecule has 0 fully saturated rings. The monoisotopic (exact) mass is 464 g/mol. The number of carbonyl (C=O) groups excluding carboxylic acids is 2. The third-order valence-corrected chi connectivity index (χ3v) is 6.43. The second-order valence-corrected chi connectivity index (χ2v) is 10.3. The summed E-state index contributed by atoms with van der Waals surface area (Å²) in [7, 11) is -3.33. The molecule has 1 aliphatic heterocycles. The van der Waals surface area contributed by atoms with Crippen LogP contribution in [0.1, 0.15) is 27.7 Å². The van der Waals surface area contributed by atoms with Crippen molar-refractivity contribution in [2.45, 2.75) is 44.7 Å². The van der Waals surface area contributed by atoms with Crippen molar-refractivity contribution >= 4 is 44.8 Å². The van der Waals surface area contributed by atoms with Crippen LogP contribution in [0.25, 0.3) is 11.1 Å². The lowest BCUT2D eigenvalue weighted by Crippen LogP contribution is -2.51. The van der Waals surface area contributed by atoms with E-state index in [2.05, 4.69) is 0 Å². The maximum atomic E-state index is 12.8. The predicted octanol–water partition coefficient (Wildman–Crippen LogP) is 4.52. The Balaban J connectivity index is 2.15. The van der Waals surface area contributed by atoms with Crippen molar-refractivity contribution in [3.8, 4) is 11.1 Å². The largest absolute Gasteiger partial charge is 0.446 e. The molecule has 0 unspecified atom stereocenters. The number of amides is 2. The molecule has 166 valence electrons. The van der Waals surface area contributed by atoms with Gasteiger partial charge in [0, 0.05) is 25.3 Å². The van der Waals surface area contributed by atoms with Gasteiger partial charge in [-0.3, -0.25) is 9.69 Å². The summed E-state index contributed by atoms with van der Waals surface area (Å²) >= 11 is 6.56. The first-order chi connectivity index (χ1) is 14.4. The Labute approximate surface area is 187 Å². The fourth-order valence-corrected chi connectivity index (χ4v) is 4.56. The molecule has 3 rings (SSSR count). The summed E-state index contributed by atoms with van der Waals surface area (Å²) in [5.74, 6) is -0.160. The minimum absolute atomic E-state index is 0.160. The van der Waals surface area contributed by atoms with Crippen molar-refractivity contribution < 1.29 is 22.7 Å². The van der Waals surface area contributed by atoms with Crippen molar-refractivity contribution in [3.63, 3.8) is 0 Å². The molecule has 2 aromatic rings. The zero-order valence-corrected chi connectivity index (χ0v) is 19.6. The molecule has 0 spiro atoms. The van der Waals surface area contributed by atoms with Crippen LogP contribution in [-0.4, -0.2) is 45.4 Å². The van der Waals surface area contributed by atoms with E-state index in [1.54, 1.807) is 43.0 Å². The van der Waals surface area contributed by atoms with E-state index in [1.807, 2.05) is 6.92 Å². The number of rotatable bonds is 3. The highest BCUT2D eigenvalue weighted by atomic mass is 35.5. The van der Waals surface area contributed by atoms with Gasteiger partial charge in [-0.1, -0.05) is 23.7 Å². The van der Waals surface area contributed by atoms with Crippen LogP contribution in [0.5, 0.6) is 0 Å². The van der Waals surface area contributed by atoms with E-state index in [4.69, 9.17) is 16.3 Å². The van der Waals surface area contributed by atoms with Crippen molar-refractivity contribution in [2.24, 2.45) is 0 Å². The summed E-state index contributed by atoms with van der Waals surface area (Å²) in [5.41, 5.74) is 2.32. The van der Waals surface area contributed by atoms with Gasteiger partial charge in [-0.25, -0.2) is 13.2 Å². The van der Waals surface area contributed by atoms with Crippen LogP contribution >= 0.6 is 11.6 Å². The number of fused-ring (bicyclic) bond motifs is 1. The highest BCUT2D eigenvalue weighted by Crippen LogP contribution is 2.43. The second kappa shape index (κ2) is 8.51. The van der Waals surface area contributed by atoms with Crippen molar-refractivity contribution in [3.05, 3.63) is 41.4 Å². The van der Waals surface area contributed by atoms with Gasteiger partial charge in [0.15, 0.2) is 9.84 Å². The van der Waals surface area contributed by atoms with E-state index in [9.17, 15) is 18.0 Å². The van der Waals surface area contributed by atoms with Gasteiger partial charge in [0.1, 0.15) is 0 Å². The Hall–Kier alpha value is -2.58. The lowest BCUT2D eigenvalue weighted by molar-refractivity contribution is -0.117. The molecule has 0 aromatic heterocycles. The molecule has 9 heteroatoms. The van der Waals surface area contributed by atoms with E-state index < -0.39 is 15.9 Å². The molecule has 1 aliphatic rings. The minimum atomic E-state index is -3.33. The summed E-state index contributed by atoms with van der Waals surface area (Å²) in [5, 5.41) is 0.378. The molecule has 7 nitrogen and oxygen atoms in total. The van der Waals surface area contributed by atoms with E-state index in [-0.39, 0.29) is 29.5 Å². The number of anilines is 2. The Morgan fingerprint density at radius 3 is 2.26 bits per heavy atom. The fraction of sp³-hybridized carbons (Fsp3) is 0.364. The van der Waals surface area contributed by atoms with Crippen LogP contribution < -0.4 is 9.80 Å². The van der Waals surface area contributed by atoms with Gasteiger partial charge in [0.05, 0.1) is 33.4 Å². The van der Waals surface area contributed by atoms with Gasteiger partial charge in [0.25, 0.3) is 0 Å². The molecule has 2 amide bonds. The van der Waals surface area contributed by atoms with Crippen LogP contribution in [-0.2, 0) is 19.4 Å². The van der Waals surface area contributed by atoms with Gasteiger partial charge in [-0.05, 0) is 50.6 Å². The second-order valence-electron chi connectivity index (χ2n) is 7.90. The van der Waals surface area contributed by atoms with Gasteiger partial charge >= 0.3 is 6.09 Å². The summed E-state index contributed by atoms with van der Waals surface area (Å²) < 4.78 is 28.9. The SMILES string of the molecule is CC(=O)N1c2cc(Cl)c(-c3ccc(S(C)(=O)=O)cc3)cc2N(C(=O)OC(C)C)C[C@@H]1C. The van der Waals surface area contributed by atoms with Crippen molar-refractivity contribution in [1.29, 1.82) is 0 Å². The Morgan fingerprint density at radius 2 is 1.74 bits per heavy atom. The molecular weight excluding hydrogens is 440 g/mol. The third kappa shape index (κ3) is 4.70. The molecule has 1 heterocycles. The summed E-state index contributed by atoms with van der Waals surface area (Å²) in [4.78, 5) is 28.4. The van der Waals surface area contributed by atoms with E-state index in [0.717, 1.165) is 6.26 Å². The maximum absolute atomic E-state index is 12.8. The molecular formula is C22H25ClN2O5S. The van der Waals surface area contributed by atoms with Crippen LogP contribution in [0.4, 0.5) is 16.2 Å². The molecule has 0 saturated heterocycles. The van der Waals surface area contributed by atoms with Gasteiger partial charge in [-0.2, -0.15) is 0 Å². The van der Waals surface area contributed by atoms with Gasteiger partial charge in [-0.15, -0.1) is 0 Å². The first-order valence-electron chi connectivity index (χ1n) is 9.82. The average Bonchev–Trinajstić information content (AvgIpc) is 2.65. The number of ether oxygens (including phenoxy) is 1. The van der Waals surface area contributed by atoms with Crippen LogP contribution in [0.2, 0.25) is 5.02 Å². The lowest BCUT2D eigenvalue weighted by Gasteiger charge is -2.40. The summed E-state index contributed by atoms with van der Waals surface area (Å²) in [6.07, 6.45) is 0.336. The molecule has 0 bridgehead atoms. The molecule has 31 heavy (non-hydrogen) atoms. The number of sulfone groups is 1. The zero-order chi connectivity index (χ0) is 23.1. The Morgan fingerprint density at radius 1 is 1.13 bits per heavy atom. The van der Waals surface area contributed by atoms with Crippen LogP contribution in [0.15, 0.2) is 41.3 Å². The summed E-state index contributed by atoms with van der Waals surface area (Å²) in [6, 6.07) is 9.47. The lowest BCUT2D eigenvalue weighted by atomic mass is 10.0. The number of nitrogens with zero attached hydrogens (tertiary/aromatic N) is 2. The smallest absolute Gasteiger partial charge is 0.414 e. The molecule has 0 saturated carbocycles. The fourth-order valence-electron chi connectivity index (χ4n) is 3.66. The predicted molar refractivity (Wildman–Crippen MR) is 122 cm³/mol. The molecule has 1 atom stereocenters. The molecule has 0 N–H and O–H groups in total. The van der Waals surface area contributed by atoms with Gasteiger partial charge < -0.3 is 9.64 Å². The topological polar surface area (TPSA) is 84.0 Å². The molecule has 0 aliphatic carbocycles. The van der Waals surface area contributed by atoms with Crippen LogP contribution in [0, 0.1) is 0 Å². The Bertz CT molecular complexity index is 1130. The molecule has 0 radical (unpaired) electrons. The first kappa shape index (κ1) is 23.1. The van der Waals surface area contributed by atoms with Crippen molar-refractivity contribution in [2.75, 3.05) is 22.6 Å². The molecule has 2 aromatic carbocycles. The standard InChI is InChI=1S/C22H25ClN2O5S/c1-13(2)30-22(27)24-12-14(3)25(15(4)26)21-11-19(23)18(10-20(21)24)16-6-8-17(9-7-16)31(5,28)29/h6-11,13-14H,12H2,1-5H3/t14-/m0/s1. The number of carbonyl (C=O) groups is 2. The van der Waals surface area contributed by atoms with Crippen molar-refractivity contribution in [1.82, 2.24) is 0 Å². The third-order valence-electron chi connectivity index (χ3n) is 4.99. The van der Waals surface area contributed by atoms with E-state index in [1.165, 1.54) is 24.0 Å². The quantitative estimate of drug-likeness (QED) is 0.666. The van der Waals surface area contributed by atoms with Gasteiger partial charge in [0.2, 0.25) is 5.91 Å². The minimum Gasteiger partial charge on any atom is -0.446 e. The number of halogens is 1. The maximum Gasteiger partial charge on any atom is 0.414 e. The number of benzene rings is 2. The summed E-state index contributed by atoms with van der Waals surface area (Å²) in [6.45, 7) is 7.13. The van der Waals surface area contributed by atoms with Crippen LogP contribution in [0.3, 0.4) is 0 Å². The zero-order valence-electron chi connectivity index (χ0n) is 18.0. The number of hydrogen-bond donors (Lipinski definition) is 0. The normalized spacial score (nSPS) is 16.3. The average molecular weight is 465 g/mol. The van der Waals surface area contributed by atoms with E-state index >= 15 is 0 Å². The first-order valence-corrected chi connectivity index (χ1v) is 12.1. The highest BCUT2D eigenvalue weighted by molar-refractivity contribution is 7.90. The Kier molecular flexibility index (Phi) is 6.34.